The lowest BCUT2D eigenvalue weighted by atomic mass is 9.98. The normalized spacial score (nSPS) is 14.0. The highest BCUT2D eigenvalue weighted by Crippen LogP contribution is 2.32. The fourth-order valence-electron chi connectivity index (χ4n) is 3.61. The molecule has 4 rings (SSSR count). The van der Waals surface area contributed by atoms with Crippen LogP contribution in [0.5, 0.6) is 5.75 Å². The highest BCUT2D eigenvalue weighted by molar-refractivity contribution is 6.31. The maximum absolute atomic E-state index is 12.8. The number of carbonyl (C=O) groups is 1. The summed E-state index contributed by atoms with van der Waals surface area (Å²) in [5, 5.41) is 12.9. The highest BCUT2D eigenvalue weighted by atomic mass is 35.5. The first-order valence-corrected chi connectivity index (χ1v) is 9.43. The van der Waals surface area contributed by atoms with Crippen molar-refractivity contribution in [2.45, 2.75) is 6.42 Å². The first-order valence-electron chi connectivity index (χ1n) is 9.05. The summed E-state index contributed by atoms with van der Waals surface area (Å²) in [6.45, 7) is 0.957. The number of amides is 1. The van der Waals surface area contributed by atoms with Gasteiger partial charge in [0.2, 0.25) is 0 Å². The fraction of sp³-hybridized carbons (Fsp3) is 0.190. The van der Waals surface area contributed by atoms with Gasteiger partial charge in [-0.3, -0.25) is 14.9 Å². The van der Waals surface area contributed by atoms with Crippen molar-refractivity contribution in [2.24, 2.45) is 0 Å². The predicted octanol–water partition coefficient (Wildman–Crippen LogP) is 4.67. The lowest BCUT2D eigenvalue weighted by Crippen LogP contribution is -2.34. The van der Waals surface area contributed by atoms with E-state index in [1.54, 1.807) is 11.0 Å². The van der Waals surface area contributed by atoms with E-state index < -0.39 is 4.92 Å². The van der Waals surface area contributed by atoms with E-state index in [0.717, 1.165) is 22.0 Å². The van der Waals surface area contributed by atoms with Crippen LogP contribution in [0, 0.1) is 10.1 Å². The molecule has 0 unspecified atom stereocenters. The highest BCUT2D eigenvalue weighted by Gasteiger charge is 2.24. The second-order valence-electron chi connectivity index (χ2n) is 6.77. The number of methoxy groups -OCH3 is 1. The molecule has 0 fully saturated rings. The van der Waals surface area contributed by atoms with Gasteiger partial charge in [-0.1, -0.05) is 17.7 Å². The van der Waals surface area contributed by atoms with E-state index in [1.165, 1.54) is 19.2 Å². The standard InChI is InChI=1S/C21H18ClN3O4/c1-29-20-5-2-14(10-19(20)25(27)28)21(26)24-8-6-13(7-9-24)17-12-23-18-4-3-15(22)11-16(17)18/h2-6,10-12,23H,7-9H2,1H3. The number of nitrogens with one attached hydrogen (secondary N) is 1. The molecule has 1 aliphatic heterocycles. The number of nitro groups is 1. The van der Waals surface area contributed by atoms with Crippen LogP contribution < -0.4 is 4.74 Å². The van der Waals surface area contributed by atoms with Gasteiger partial charge in [0, 0.05) is 52.4 Å². The second kappa shape index (κ2) is 7.60. The molecule has 0 saturated heterocycles. The number of hydrogen-bond donors (Lipinski definition) is 1. The Bertz CT molecular complexity index is 1150. The predicted molar refractivity (Wildman–Crippen MR) is 111 cm³/mol. The maximum Gasteiger partial charge on any atom is 0.311 e. The molecule has 2 heterocycles. The minimum Gasteiger partial charge on any atom is -0.490 e. The molecule has 2 aromatic carbocycles. The minimum atomic E-state index is -0.550. The summed E-state index contributed by atoms with van der Waals surface area (Å²) >= 11 is 6.13. The van der Waals surface area contributed by atoms with Crippen molar-refractivity contribution < 1.29 is 14.5 Å². The van der Waals surface area contributed by atoms with Crippen molar-refractivity contribution in [1.29, 1.82) is 0 Å². The van der Waals surface area contributed by atoms with Crippen LogP contribution in [-0.2, 0) is 0 Å². The number of aromatic amines is 1. The first kappa shape index (κ1) is 19.0. The van der Waals surface area contributed by atoms with Crippen LogP contribution in [-0.4, -0.2) is 40.9 Å². The van der Waals surface area contributed by atoms with E-state index in [4.69, 9.17) is 16.3 Å². The third kappa shape index (κ3) is 3.56. The smallest absolute Gasteiger partial charge is 0.311 e. The number of hydrogen-bond acceptors (Lipinski definition) is 4. The van der Waals surface area contributed by atoms with Crippen molar-refractivity contribution in [1.82, 2.24) is 9.88 Å². The van der Waals surface area contributed by atoms with Crippen LogP contribution in [0.3, 0.4) is 0 Å². The summed E-state index contributed by atoms with van der Waals surface area (Å²) in [6.07, 6.45) is 4.66. The third-order valence-corrected chi connectivity index (χ3v) is 5.34. The SMILES string of the molecule is COc1ccc(C(=O)N2CC=C(c3c[nH]c4ccc(Cl)cc34)CC2)cc1[N+](=O)[O-]. The quantitative estimate of drug-likeness (QED) is 0.499. The molecule has 1 N–H and O–H groups in total. The number of aromatic nitrogens is 1. The van der Waals surface area contributed by atoms with Crippen molar-refractivity contribution >= 4 is 39.7 Å². The molecule has 8 heteroatoms. The van der Waals surface area contributed by atoms with Crippen LogP contribution in [0.4, 0.5) is 5.69 Å². The third-order valence-electron chi connectivity index (χ3n) is 5.11. The fourth-order valence-corrected chi connectivity index (χ4v) is 3.78. The largest absolute Gasteiger partial charge is 0.490 e. The Morgan fingerprint density at radius 1 is 1.28 bits per heavy atom. The van der Waals surface area contributed by atoms with E-state index in [2.05, 4.69) is 4.98 Å². The molecule has 0 spiro atoms. The Morgan fingerprint density at radius 3 is 2.79 bits per heavy atom. The number of H-pyrrole nitrogens is 1. The van der Waals surface area contributed by atoms with E-state index in [9.17, 15) is 14.9 Å². The maximum atomic E-state index is 12.8. The molecule has 0 radical (unpaired) electrons. The molecule has 0 bridgehead atoms. The number of nitrogens with zero attached hydrogens (tertiary/aromatic N) is 2. The monoisotopic (exact) mass is 411 g/mol. The van der Waals surface area contributed by atoms with E-state index in [0.29, 0.717) is 24.5 Å². The van der Waals surface area contributed by atoms with Crippen molar-refractivity contribution in [2.75, 3.05) is 20.2 Å². The van der Waals surface area contributed by atoms with Crippen LogP contribution >= 0.6 is 11.6 Å². The molecule has 29 heavy (non-hydrogen) atoms. The Balaban J connectivity index is 1.56. The molecule has 1 aliphatic rings. The summed E-state index contributed by atoms with van der Waals surface area (Å²) in [5.41, 5.74) is 3.28. The van der Waals surface area contributed by atoms with Crippen molar-refractivity contribution in [3.05, 3.63) is 74.9 Å². The summed E-state index contributed by atoms with van der Waals surface area (Å²) in [5.74, 6) is -0.113. The molecular weight excluding hydrogens is 394 g/mol. The van der Waals surface area contributed by atoms with Gasteiger partial charge in [-0.25, -0.2) is 0 Å². The zero-order valence-corrected chi connectivity index (χ0v) is 16.4. The number of benzene rings is 2. The summed E-state index contributed by atoms with van der Waals surface area (Å²) < 4.78 is 5.00. The average Bonchev–Trinajstić information content (AvgIpc) is 3.15. The molecular formula is C21H18ClN3O4. The van der Waals surface area contributed by atoms with Crippen molar-refractivity contribution in [3.63, 3.8) is 0 Å². The Morgan fingerprint density at radius 2 is 2.10 bits per heavy atom. The van der Waals surface area contributed by atoms with Gasteiger partial charge in [0.15, 0.2) is 5.75 Å². The van der Waals surface area contributed by atoms with Gasteiger partial charge >= 0.3 is 5.69 Å². The summed E-state index contributed by atoms with van der Waals surface area (Å²) in [7, 11) is 1.36. The molecule has 0 atom stereocenters. The Kier molecular flexibility index (Phi) is 4.98. The van der Waals surface area contributed by atoms with Gasteiger partial charge in [0.25, 0.3) is 5.91 Å². The lowest BCUT2D eigenvalue weighted by Gasteiger charge is -2.26. The molecule has 1 amide bonds. The van der Waals surface area contributed by atoms with Gasteiger partial charge in [0.05, 0.1) is 12.0 Å². The van der Waals surface area contributed by atoms with Crippen molar-refractivity contribution in [3.8, 4) is 5.75 Å². The average molecular weight is 412 g/mol. The zero-order valence-electron chi connectivity index (χ0n) is 15.6. The van der Waals surface area contributed by atoms with E-state index >= 15 is 0 Å². The van der Waals surface area contributed by atoms with Gasteiger partial charge < -0.3 is 14.6 Å². The number of ether oxygens (including phenoxy) is 1. The number of fused-ring (bicyclic) bond motifs is 1. The molecule has 148 valence electrons. The number of nitro benzene ring substituents is 1. The lowest BCUT2D eigenvalue weighted by molar-refractivity contribution is -0.385. The number of rotatable bonds is 4. The summed E-state index contributed by atoms with van der Waals surface area (Å²) in [6, 6.07) is 9.98. The van der Waals surface area contributed by atoms with Crippen LogP contribution in [0.15, 0.2) is 48.7 Å². The molecule has 1 aromatic heterocycles. The first-order chi connectivity index (χ1) is 14.0. The van der Waals surface area contributed by atoms with Crippen LogP contribution in [0.2, 0.25) is 5.02 Å². The Labute approximate surface area is 171 Å². The van der Waals surface area contributed by atoms with E-state index in [-0.39, 0.29) is 22.9 Å². The minimum absolute atomic E-state index is 0.130. The summed E-state index contributed by atoms with van der Waals surface area (Å²) in [4.78, 5) is 28.4. The number of carbonyl (C=O) groups excluding carboxylic acids is 1. The second-order valence-corrected chi connectivity index (χ2v) is 7.20. The van der Waals surface area contributed by atoms with E-state index in [1.807, 2.05) is 30.5 Å². The molecule has 0 aliphatic carbocycles. The number of halogens is 1. The topological polar surface area (TPSA) is 88.5 Å². The van der Waals surface area contributed by atoms with Gasteiger partial charge in [-0.2, -0.15) is 0 Å². The zero-order chi connectivity index (χ0) is 20.5. The molecule has 0 saturated carbocycles. The van der Waals surface area contributed by atoms with Crippen LogP contribution in [0.25, 0.3) is 16.5 Å². The molecule has 3 aromatic rings. The molecule has 7 nitrogen and oxygen atoms in total. The Hall–Kier alpha value is -3.32. The van der Waals surface area contributed by atoms with Gasteiger partial charge in [0.1, 0.15) is 0 Å². The van der Waals surface area contributed by atoms with Gasteiger partial charge in [-0.15, -0.1) is 0 Å². The van der Waals surface area contributed by atoms with Crippen LogP contribution in [0.1, 0.15) is 22.3 Å². The van der Waals surface area contributed by atoms with Gasteiger partial charge in [-0.05, 0) is 42.3 Å².